The zero-order valence-electron chi connectivity index (χ0n) is 10.8. The smallest absolute Gasteiger partial charge is 0.253 e. The summed E-state index contributed by atoms with van der Waals surface area (Å²) in [5, 5.41) is 3.62. The summed E-state index contributed by atoms with van der Waals surface area (Å²) in [6.07, 6.45) is 4.75. The van der Waals surface area contributed by atoms with E-state index in [0.29, 0.717) is 18.1 Å². The third kappa shape index (κ3) is 2.15. The predicted octanol–water partition coefficient (Wildman–Crippen LogP) is 2.04. The maximum absolute atomic E-state index is 12.4. The van der Waals surface area contributed by atoms with E-state index in [0.717, 1.165) is 18.4 Å². The SMILES string of the molecule is CN(C(=O)c1ccccc1)C1C[C@@H]2CC[C@@H](C1)N2. The van der Waals surface area contributed by atoms with E-state index in [9.17, 15) is 4.79 Å². The van der Waals surface area contributed by atoms with Gasteiger partial charge in [-0.05, 0) is 37.8 Å². The molecule has 0 aliphatic carbocycles. The summed E-state index contributed by atoms with van der Waals surface area (Å²) < 4.78 is 0. The Kier molecular flexibility index (Phi) is 3.08. The molecule has 3 rings (SSSR count). The van der Waals surface area contributed by atoms with Crippen LogP contribution in [0, 0.1) is 0 Å². The van der Waals surface area contributed by atoms with E-state index < -0.39 is 0 Å². The van der Waals surface area contributed by atoms with Crippen LogP contribution >= 0.6 is 0 Å². The highest BCUT2D eigenvalue weighted by Gasteiger charge is 2.36. The number of carbonyl (C=O) groups excluding carboxylic acids is 1. The number of amides is 1. The Morgan fingerprint density at radius 1 is 1.17 bits per heavy atom. The Balaban J connectivity index is 1.71. The van der Waals surface area contributed by atoms with E-state index in [1.54, 1.807) is 0 Å². The molecule has 0 radical (unpaired) electrons. The first-order valence-electron chi connectivity index (χ1n) is 6.82. The molecule has 2 saturated heterocycles. The minimum Gasteiger partial charge on any atom is -0.339 e. The summed E-state index contributed by atoms with van der Waals surface area (Å²) in [4.78, 5) is 14.3. The van der Waals surface area contributed by atoms with Gasteiger partial charge >= 0.3 is 0 Å². The molecular formula is C15H20N2O. The Bertz CT molecular complexity index is 419. The number of carbonyl (C=O) groups is 1. The van der Waals surface area contributed by atoms with Gasteiger partial charge in [-0.3, -0.25) is 4.79 Å². The highest BCUT2D eigenvalue weighted by Crippen LogP contribution is 2.29. The summed E-state index contributed by atoms with van der Waals surface area (Å²) in [7, 11) is 1.95. The predicted molar refractivity (Wildman–Crippen MR) is 71.5 cm³/mol. The Hall–Kier alpha value is -1.35. The lowest BCUT2D eigenvalue weighted by Gasteiger charge is -2.35. The van der Waals surface area contributed by atoms with Crippen LogP contribution in [0.1, 0.15) is 36.0 Å². The van der Waals surface area contributed by atoms with Gasteiger partial charge in [-0.2, -0.15) is 0 Å². The van der Waals surface area contributed by atoms with Crippen molar-refractivity contribution in [1.82, 2.24) is 10.2 Å². The molecular weight excluding hydrogens is 224 g/mol. The fraction of sp³-hybridized carbons (Fsp3) is 0.533. The number of benzene rings is 1. The van der Waals surface area contributed by atoms with Crippen LogP contribution in [0.3, 0.4) is 0 Å². The maximum atomic E-state index is 12.4. The quantitative estimate of drug-likeness (QED) is 0.863. The number of nitrogens with one attached hydrogen (secondary N) is 1. The molecule has 3 heteroatoms. The van der Waals surface area contributed by atoms with Gasteiger partial charge in [-0.1, -0.05) is 18.2 Å². The van der Waals surface area contributed by atoms with Crippen LogP contribution in [0.25, 0.3) is 0 Å². The summed E-state index contributed by atoms with van der Waals surface area (Å²) in [5.41, 5.74) is 0.797. The van der Waals surface area contributed by atoms with Crippen molar-refractivity contribution in [3.8, 4) is 0 Å². The Labute approximate surface area is 108 Å². The van der Waals surface area contributed by atoms with Crippen LogP contribution in [0.15, 0.2) is 30.3 Å². The third-order valence-electron chi connectivity index (χ3n) is 4.34. The van der Waals surface area contributed by atoms with Gasteiger partial charge in [0.25, 0.3) is 5.91 Å². The average Bonchev–Trinajstić information content (AvgIpc) is 2.77. The van der Waals surface area contributed by atoms with Gasteiger partial charge in [0.2, 0.25) is 0 Å². The van der Waals surface area contributed by atoms with Crippen molar-refractivity contribution in [3.63, 3.8) is 0 Å². The number of hydrogen-bond donors (Lipinski definition) is 1. The van der Waals surface area contributed by atoms with Crippen LogP contribution in [0.5, 0.6) is 0 Å². The van der Waals surface area contributed by atoms with Crippen molar-refractivity contribution in [1.29, 1.82) is 0 Å². The van der Waals surface area contributed by atoms with E-state index in [2.05, 4.69) is 5.32 Å². The van der Waals surface area contributed by atoms with Crippen LogP contribution in [0.2, 0.25) is 0 Å². The second kappa shape index (κ2) is 4.73. The number of fused-ring (bicyclic) bond motifs is 2. The average molecular weight is 244 g/mol. The van der Waals surface area contributed by atoms with Crippen molar-refractivity contribution >= 4 is 5.91 Å². The summed E-state index contributed by atoms with van der Waals surface area (Å²) in [6.45, 7) is 0. The van der Waals surface area contributed by atoms with Crippen molar-refractivity contribution in [2.24, 2.45) is 0 Å². The molecule has 1 aromatic rings. The largest absolute Gasteiger partial charge is 0.339 e. The first-order chi connectivity index (χ1) is 8.74. The standard InChI is InChI=1S/C15H20N2O/c1-17(15(18)11-5-3-2-4-6-11)14-9-12-7-8-13(10-14)16-12/h2-6,12-14,16H,7-10H2,1H3/t12-,13-/m0/s1. The molecule has 2 aliphatic rings. The molecule has 1 aromatic carbocycles. The highest BCUT2D eigenvalue weighted by molar-refractivity contribution is 5.94. The third-order valence-corrected chi connectivity index (χ3v) is 4.34. The molecule has 2 heterocycles. The Morgan fingerprint density at radius 2 is 1.78 bits per heavy atom. The summed E-state index contributed by atoms with van der Waals surface area (Å²) in [5.74, 6) is 0.155. The highest BCUT2D eigenvalue weighted by atomic mass is 16.2. The zero-order chi connectivity index (χ0) is 12.5. The molecule has 2 aliphatic heterocycles. The normalized spacial score (nSPS) is 30.2. The minimum absolute atomic E-state index is 0.155. The van der Waals surface area contributed by atoms with Gasteiger partial charge in [0.15, 0.2) is 0 Å². The minimum atomic E-state index is 0.155. The molecule has 0 unspecified atom stereocenters. The first kappa shape index (κ1) is 11.7. The molecule has 18 heavy (non-hydrogen) atoms. The van der Waals surface area contributed by atoms with E-state index in [4.69, 9.17) is 0 Å². The van der Waals surface area contributed by atoms with Gasteiger partial charge in [0.05, 0.1) is 0 Å². The van der Waals surface area contributed by atoms with Gasteiger partial charge in [-0.25, -0.2) is 0 Å². The van der Waals surface area contributed by atoms with Crippen molar-refractivity contribution < 1.29 is 4.79 Å². The van der Waals surface area contributed by atoms with Crippen molar-refractivity contribution in [2.75, 3.05) is 7.05 Å². The van der Waals surface area contributed by atoms with E-state index in [1.807, 2.05) is 42.3 Å². The molecule has 3 nitrogen and oxygen atoms in total. The molecule has 0 saturated carbocycles. The van der Waals surface area contributed by atoms with Gasteiger partial charge < -0.3 is 10.2 Å². The molecule has 1 amide bonds. The first-order valence-corrected chi connectivity index (χ1v) is 6.82. The van der Waals surface area contributed by atoms with Crippen molar-refractivity contribution in [2.45, 2.75) is 43.8 Å². The molecule has 96 valence electrons. The number of piperidine rings is 1. The van der Waals surface area contributed by atoms with E-state index in [1.165, 1.54) is 12.8 Å². The van der Waals surface area contributed by atoms with E-state index in [-0.39, 0.29) is 5.91 Å². The van der Waals surface area contributed by atoms with E-state index >= 15 is 0 Å². The Morgan fingerprint density at radius 3 is 2.39 bits per heavy atom. The van der Waals surface area contributed by atoms with Crippen molar-refractivity contribution in [3.05, 3.63) is 35.9 Å². The van der Waals surface area contributed by atoms with Crippen LogP contribution in [-0.4, -0.2) is 36.0 Å². The molecule has 0 aromatic heterocycles. The lowest BCUT2D eigenvalue weighted by molar-refractivity contribution is 0.0681. The molecule has 0 spiro atoms. The topological polar surface area (TPSA) is 32.3 Å². The number of nitrogens with zero attached hydrogens (tertiary/aromatic N) is 1. The molecule has 2 atom stereocenters. The molecule has 1 N–H and O–H groups in total. The summed E-state index contributed by atoms with van der Waals surface area (Å²) in [6, 6.07) is 11.2. The monoisotopic (exact) mass is 244 g/mol. The fourth-order valence-corrected chi connectivity index (χ4v) is 3.29. The van der Waals surface area contributed by atoms with Gasteiger partial charge in [0, 0.05) is 30.7 Å². The molecule has 2 fully saturated rings. The summed E-state index contributed by atoms with van der Waals surface area (Å²) >= 11 is 0. The number of rotatable bonds is 2. The van der Waals surface area contributed by atoms with Gasteiger partial charge in [-0.15, -0.1) is 0 Å². The second-order valence-electron chi connectivity index (χ2n) is 5.55. The van der Waals surface area contributed by atoms with Crippen LogP contribution < -0.4 is 5.32 Å². The fourth-order valence-electron chi connectivity index (χ4n) is 3.29. The van der Waals surface area contributed by atoms with Crippen LogP contribution in [0.4, 0.5) is 0 Å². The maximum Gasteiger partial charge on any atom is 0.253 e. The lowest BCUT2D eigenvalue weighted by atomic mass is 9.98. The lowest BCUT2D eigenvalue weighted by Crippen LogP contribution is -2.48. The molecule has 2 bridgehead atoms. The second-order valence-corrected chi connectivity index (χ2v) is 5.55. The number of hydrogen-bond acceptors (Lipinski definition) is 2. The van der Waals surface area contributed by atoms with Crippen LogP contribution in [-0.2, 0) is 0 Å². The van der Waals surface area contributed by atoms with Gasteiger partial charge in [0.1, 0.15) is 0 Å². The zero-order valence-corrected chi connectivity index (χ0v) is 10.8.